The molecule has 5 rings (SSSR count). The molecule has 3 heterocycles. The highest BCUT2D eigenvalue weighted by molar-refractivity contribution is 5.80. The Morgan fingerprint density at radius 1 is 1.17 bits per heavy atom. The standard InChI is InChI=1S/C22H24N4O3/c1-13-6-7-18-20(23-13)25-22(29-18)26-10-8-14(9-11-26)21(28)24-19-16-5-3-2-4-15(16)12-17(19)27/h2-7,14,17,19,27H,8-12H2,1H3,(H,24,28)/t17-,19+/m0/s1. The highest BCUT2D eigenvalue weighted by atomic mass is 16.4. The molecule has 1 saturated heterocycles. The molecule has 2 aromatic heterocycles. The zero-order valence-electron chi connectivity index (χ0n) is 16.3. The van der Waals surface area contributed by atoms with Crippen LogP contribution in [-0.4, -0.2) is 40.2 Å². The van der Waals surface area contributed by atoms with Crippen molar-refractivity contribution in [2.24, 2.45) is 5.92 Å². The van der Waals surface area contributed by atoms with Gasteiger partial charge in [-0.3, -0.25) is 4.79 Å². The van der Waals surface area contributed by atoms with E-state index in [9.17, 15) is 9.90 Å². The van der Waals surface area contributed by atoms with Crippen molar-refractivity contribution in [2.75, 3.05) is 18.0 Å². The molecule has 0 radical (unpaired) electrons. The number of nitrogens with zero attached hydrogens (tertiary/aromatic N) is 3. The van der Waals surface area contributed by atoms with E-state index in [0.717, 1.165) is 29.7 Å². The highest BCUT2D eigenvalue weighted by Gasteiger charge is 2.34. The van der Waals surface area contributed by atoms with Crippen molar-refractivity contribution < 1.29 is 14.3 Å². The molecule has 1 aromatic carbocycles. The number of nitrogens with one attached hydrogen (secondary N) is 1. The minimum absolute atomic E-state index is 0.0141. The van der Waals surface area contributed by atoms with Crippen molar-refractivity contribution in [1.29, 1.82) is 0 Å². The van der Waals surface area contributed by atoms with Gasteiger partial charge in [0.25, 0.3) is 6.01 Å². The number of rotatable bonds is 3. The predicted octanol–water partition coefficient (Wildman–Crippen LogP) is 2.52. The van der Waals surface area contributed by atoms with Crippen LogP contribution in [0.25, 0.3) is 11.2 Å². The van der Waals surface area contributed by atoms with Gasteiger partial charge >= 0.3 is 0 Å². The predicted molar refractivity (Wildman–Crippen MR) is 109 cm³/mol. The van der Waals surface area contributed by atoms with E-state index >= 15 is 0 Å². The number of fused-ring (bicyclic) bond motifs is 2. The zero-order chi connectivity index (χ0) is 20.0. The van der Waals surface area contributed by atoms with Gasteiger partial charge in [0.2, 0.25) is 11.6 Å². The normalized spacial score (nSPS) is 22.1. The summed E-state index contributed by atoms with van der Waals surface area (Å²) in [7, 11) is 0. The third kappa shape index (κ3) is 3.35. The summed E-state index contributed by atoms with van der Waals surface area (Å²) in [5.74, 6) is -0.0591. The Bertz CT molecular complexity index is 1060. The lowest BCUT2D eigenvalue weighted by Gasteiger charge is -2.31. The van der Waals surface area contributed by atoms with Gasteiger partial charge in [-0.2, -0.15) is 4.98 Å². The van der Waals surface area contributed by atoms with Crippen LogP contribution in [0.5, 0.6) is 0 Å². The molecule has 2 aliphatic rings. The van der Waals surface area contributed by atoms with Crippen molar-refractivity contribution in [2.45, 2.75) is 38.3 Å². The van der Waals surface area contributed by atoms with Gasteiger partial charge in [-0.25, -0.2) is 4.98 Å². The quantitative estimate of drug-likeness (QED) is 0.712. The average molecular weight is 392 g/mol. The molecule has 0 spiro atoms. The number of aromatic nitrogens is 2. The molecule has 150 valence electrons. The van der Waals surface area contributed by atoms with Crippen molar-refractivity contribution in [3.05, 3.63) is 53.2 Å². The molecule has 1 amide bonds. The topological polar surface area (TPSA) is 91.5 Å². The van der Waals surface area contributed by atoms with Crippen molar-refractivity contribution >= 4 is 23.2 Å². The summed E-state index contributed by atoms with van der Waals surface area (Å²) in [6.45, 7) is 3.33. The summed E-state index contributed by atoms with van der Waals surface area (Å²) in [5.41, 5.74) is 4.34. The second-order valence-corrected chi connectivity index (χ2v) is 7.99. The van der Waals surface area contributed by atoms with Crippen LogP contribution in [0.4, 0.5) is 6.01 Å². The van der Waals surface area contributed by atoms with E-state index in [4.69, 9.17) is 4.42 Å². The fourth-order valence-corrected chi connectivity index (χ4v) is 4.39. The number of oxazole rings is 1. The number of carbonyl (C=O) groups is 1. The molecule has 29 heavy (non-hydrogen) atoms. The van der Waals surface area contributed by atoms with Gasteiger partial charge in [0, 0.05) is 31.1 Å². The Morgan fingerprint density at radius 2 is 1.97 bits per heavy atom. The van der Waals surface area contributed by atoms with E-state index in [-0.39, 0.29) is 17.9 Å². The second kappa shape index (κ2) is 7.15. The number of benzene rings is 1. The van der Waals surface area contributed by atoms with Gasteiger partial charge in [0.05, 0.1) is 12.1 Å². The number of hydrogen-bond acceptors (Lipinski definition) is 6. The van der Waals surface area contributed by atoms with E-state index < -0.39 is 6.10 Å². The summed E-state index contributed by atoms with van der Waals surface area (Å²) in [5, 5.41) is 13.5. The molecule has 0 unspecified atom stereocenters. The van der Waals surface area contributed by atoms with Crippen LogP contribution >= 0.6 is 0 Å². The Morgan fingerprint density at radius 3 is 2.79 bits per heavy atom. The smallest absolute Gasteiger partial charge is 0.299 e. The fourth-order valence-electron chi connectivity index (χ4n) is 4.39. The monoisotopic (exact) mass is 392 g/mol. The van der Waals surface area contributed by atoms with Crippen LogP contribution in [0.3, 0.4) is 0 Å². The van der Waals surface area contributed by atoms with Gasteiger partial charge in [0.15, 0.2) is 5.58 Å². The summed E-state index contributed by atoms with van der Waals surface area (Å²) in [4.78, 5) is 23.8. The molecule has 0 saturated carbocycles. The maximum Gasteiger partial charge on any atom is 0.299 e. The number of pyridine rings is 1. The first kappa shape index (κ1) is 18.1. The van der Waals surface area contributed by atoms with E-state index in [1.54, 1.807) is 0 Å². The number of anilines is 1. The molecular formula is C22H24N4O3. The number of aliphatic hydroxyl groups excluding tert-OH is 1. The van der Waals surface area contributed by atoms with E-state index in [0.29, 0.717) is 36.8 Å². The number of amides is 1. The van der Waals surface area contributed by atoms with E-state index in [1.165, 1.54) is 0 Å². The Labute approximate surface area is 168 Å². The maximum atomic E-state index is 12.8. The minimum Gasteiger partial charge on any atom is -0.422 e. The summed E-state index contributed by atoms with van der Waals surface area (Å²) < 4.78 is 5.84. The summed E-state index contributed by atoms with van der Waals surface area (Å²) in [6.07, 6.45) is 1.47. The first-order valence-electron chi connectivity index (χ1n) is 10.1. The Balaban J connectivity index is 1.23. The summed E-state index contributed by atoms with van der Waals surface area (Å²) >= 11 is 0. The molecule has 3 aromatic rings. The van der Waals surface area contributed by atoms with Gasteiger partial charge in [-0.1, -0.05) is 24.3 Å². The maximum absolute atomic E-state index is 12.8. The van der Waals surface area contributed by atoms with Gasteiger partial charge < -0.3 is 19.7 Å². The van der Waals surface area contributed by atoms with E-state index in [2.05, 4.69) is 20.2 Å². The number of carbonyl (C=O) groups excluding carboxylic acids is 1. The van der Waals surface area contributed by atoms with Crippen LogP contribution in [0.1, 0.15) is 35.7 Å². The van der Waals surface area contributed by atoms with Crippen molar-refractivity contribution in [3.63, 3.8) is 0 Å². The lowest BCUT2D eigenvalue weighted by Crippen LogP contribution is -2.43. The first-order chi connectivity index (χ1) is 14.1. The van der Waals surface area contributed by atoms with Crippen LogP contribution < -0.4 is 10.2 Å². The average Bonchev–Trinajstić information content (AvgIpc) is 3.29. The SMILES string of the molecule is Cc1ccc2oc(N3CCC(C(=O)N[C@@H]4c5ccccc5C[C@@H]4O)CC3)nc2n1. The Hall–Kier alpha value is -2.93. The minimum atomic E-state index is -0.563. The summed E-state index contributed by atoms with van der Waals surface area (Å²) in [6, 6.07) is 12.0. The molecule has 7 heteroatoms. The number of aryl methyl sites for hydroxylation is 1. The van der Waals surface area contributed by atoms with Crippen LogP contribution in [0.15, 0.2) is 40.8 Å². The first-order valence-corrected chi connectivity index (χ1v) is 10.1. The molecule has 1 aliphatic heterocycles. The molecule has 2 N–H and O–H groups in total. The lowest BCUT2D eigenvalue weighted by atomic mass is 9.95. The Kier molecular flexibility index (Phi) is 4.47. The van der Waals surface area contributed by atoms with Crippen LogP contribution in [0.2, 0.25) is 0 Å². The number of hydrogen-bond donors (Lipinski definition) is 2. The third-order valence-corrected chi connectivity index (χ3v) is 6.02. The van der Waals surface area contributed by atoms with E-state index in [1.807, 2.05) is 43.3 Å². The number of piperidine rings is 1. The molecule has 2 atom stereocenters. The molecule has 7 nitrogen and oxygen atoms in total. The van der Waals surface area contributed by atoms with Gasteiger partial charge in [-0.05, 0) is 43.0 Å². The second-order valence-electron chi connectivity index (χ2n) is 7.99. The van der Waals surface area contributed by atoms with Crippen molar-refractivity contribution in [1.82, 2.24) is 15.3 Å². The zero-order valence-corrected chi connectivity index (χ0v) is 16.3. The van der Waals surface area contributed by atoms with Crippen LogP contribution in [-0.2, 0) is 11.2 Å². The lowest BCUT2D eigenvalue weighted by molar-refractivity contribution is -0.127. The fraction of sp³-hybridized carbons (Fsp3) is 0.409. The van der Waals surface area contributed by atoms with Gasteiger partial charge in [0.1, 0.15) is 0 Å². The van der Waals surface area contributed by atoms with Crippen LogP contribution in [0, 0.1) is 12.8 Å². The highest BCUT2D eigenvalue weighted by Crippen LogP contribution is 2.32. The number of aliphatic hydroxyl groups is 1. The third-order valence-electron chi connectivity index (χ3n) is 6.02. The molecular weight excluding hydrogens is 368 g/mol. The van der Waals surface area contributed by atoms with Gasteiger partial charge in [-0.15, -0.1) is 0 Å². The molecule has 1 fully saturated rings. The molecule has 1 aliphatic carbocycles. The largest absolute Gasteiger partial charge is 0.422 e. The van der Waals surface area contributed by atoms with Crippen molar-refractivity contribution in [3.8, 4) is 0 Å². The molecule has 0 bridgehead atoms.